The minimum atomic E-state index is -0.982. The Balaban J connectivity index is 2.74. The summed E-state index contributed by atoms with van der Waals surface area (Å²) in [5.41, 5.74) is 11.8. The fourth-order valence-electron chi connectivity index (χ4n) is 2.99. The smallest absolute Gasteiger partial charge is 0.179 e. The highest BCUT2D eigenvalue weighted by atomic mass is 35.5. The molecule has 8 heteroatoms. The van der Waals surface area contributed by atoms with Crippen molar-refractivity contribution in [2.24, 2.45) is 5.73 Å². The summed E-state index contributed by atoms with van der Waals surface area (Å²) in [6, 6.07) is 0. The molecule has 0 heterocycles. The average Bonchev–Trinajstić information content (AvgIpc) is 2.39. The molecule has 1 aliphatic carbocycles. The molecule has 1 aromatic carbocycles. The van der Waals surface area contributed by atoms with Gasteiger partial charge in [0.1, 0.15) is 44.8 Å². The van der Waals surface area contributed by atoms with Gasteiger partial charge in [-0.3, -0.25) is 4.79 Å². The Morgan fingerprint density at radius 3 is 2.15 bits per heavy atom. The van der Waals surface area contributed by atoms with Crippen LogP contribution in [-0.4, -0.2) is 45.0 Å². The van der Waals surface area contributed by atoms with Crippen molar-refractivity contribution in [3.8, 4) is 0 Å². The maximum absolute atomic E-state index is 12.5. The Labute approximate surface area is 129 Å². The van der Waals surface area contributed by atoms with Crippen LogP contribution < -0.4 is 27.6 Å². The number of hydrogen-bond donors (Lipinski definition) is 1. The molecule has 1 unspecified atom stereocenters. The summed E-state index contributed by atoms with van der Waals surface area (Å²) in [4.78, 5) is 12.5. The van der Waals surface area contributed by atoms with Crippen LogP contribution in [-0.2, 0) is 10.3 Å². The van der Waals surface area contributed by atoms with Crippen LogP contribution in [0.1, 0.15) is 18.4 Å². The van der Waals surface area contributed by atoms with Crippen LogP contribution in [0.25, 0.3) is 0 Å². The second-order valence-corrected chi connectivity index (χ2v) is 6.39. The second-order valence-electron chi connectivity index (χ2n) is 6.02. The van der Waals surface area contributed by atoms with Crippen molar-refractivity contribution in [3.63, 3.8) is 0 Å². The third kappa shape index (κ3) is 2.21. The summed E-state index contributed by atoms with van der Waals surface area (Å²) in [7, 11) is 10.1. The third-order valence-corrected chi connectivity index (χ3v) is 5.26. The topological polar surface area (TPSA) is 43.1 Å². The van der Waals surface area contributed by atoms with E-state index in [2.05, 4.69) is 15.7 Å². The van der Waals surface area contributed by atoms with Crippen LogP contribution in [0.15, 0.2) is 11.5 Å². The molecule has 0 spiro atoms. The summed E-state index contributed by atoms with van der Waals surface area (Å²) in [5.74, 6) is -0.0334. The summed E-state index contributed by atoms with van der Waals surface area (Å²) in [5, 5.41) is 0.648. The van der Waals surface area contributed by atoms with Gasteiger partial charge in [0.15, 0.2) is 5.78 Å². The van der Waals surface area contributed by atoms with E-state index in [1.165, 1.54) is 10.9 Å². The van der Waals surface area contributed by atoms with Crippen molar-refractivity contribution < 1.29 is 4.79 Å². The molecule has 1 aliphatic rings. The van der Waals surface area contributed by atoms with E-state index in [0.29, 0.717) is 11.4 Å². The largest absolute Gasteiger partial charge is 0.315 e. The van der Waals surface area contributed by atoms with Gasteiger partial charge >= 0.3 is 0 Å². The molecule has 0 aromatic heterocycles. The second kappa shape index (κ2) is 5.20. The van der Waals surface area contributed by atoms with E-state index in [-0.39, 0.29) is 5.78 Å². The van der Waals surface area contributed by atoms with E-state index in [4.69, 9.17) is 17.3 Å². The van der Waals surface area contributed by atoms with Crippen LogP contribution in [0.5, 0.6) is 0 Å². The first-order valence-corrected chi connectivity index (χ1v) is 7.34. The first-order valence-electron chi connectivity index (χ1n) is 6.97. The minimum Gasteiger partial charge on any atom is -0.315 e. The van der Waals surface area contributed by atoms with Crippen molar-refractivity contribution in [2.75, 3.05) is 0 Å². The molecule has 2 rings (SSSR count). The first-order chi connectivity index (χ1) is 9.20. The highest BCUT2D eigenvalue weighted by molar-refractivity contribution is 6.65. The summed E-state index contributed by atoms with van der Waals surface area (Å²) < 4.78 is 0. The molecule has 98 valence electrons. The van der Waals surface area contributed by atoms with Crippen LogP contribution in [0.4, 0.5) is 0 Å². The third-order valence-electron chi connectivity index (χ3n) is 4.79. The zero-order valence-electron chi connectivity index (χ0n) is 12.9. The van der Waals surface area contributed by atoms with Crippen molar-refractivity contribution in [2.45, 2.75) is 18.4 Å². The highest BCUT2D eigenvalue weighted by Gasteiger charge is 2.39. The maximum Gasteiger partial charge on any atom is 0.179 e. The first kappa shape index (κ1) is 15.6. The molecular formula is C12H17B5ClNO. The number of carbonyl (C=O) groups excluding carboxylic acids is 1. The van der Waals surface area contributed by atoms with Crippen LogP contribution in [0.2, 0.25) is 5.02 Å². The molecule has 0 radical (unpaired) electrons. The molecule has 2 N–H and O–H groups in total. The Morgan fingerprint density at radius 2 is 1.60 bits per heavy atom. The molecule has 2 nitrogen and oxygen atoms in total. The zero-order valence-corrected chi connectivity index (χ0v) is 13.6. The number of nitrogens with two attached hydrogens (primary N) is 1. The van der Waals surface area contributed by atoms with Crippen molar-refractivity contribution in [1.29, 1.82) is 0 Å². The van der Waals surface area contributed by atoms with E-state index >= 15 is 0 Å². The lowest BCUT2D eigenvalue weighted by Gasteiger charge is -2.35. The van der Waals surface area contributed by atoms with Crippen LogP contribution >= 0.6 is 11.6 Å². The van der Waals surface area contributed by atoms with Gasteiger partial charge in [-0.15, -0.1) is 16.4 Å². The standard InChI is InChI=1S/C12H17B5ClNO/c13-4-1-2-12(19,5(20)3-4)6-7(14)8(15)9(16)10(17)11(6)18/h3H,1-2,13-17,19H2. The molecule has 0 bridgehead atoms. The lowest BCUT2D eigenvalue weighted by molar-refractivity contribution is -0.120. The fraction of sp³-hybridized carbons (Fsp3) is 0.250. The number of halogens is 1. The number of hydrogen-bond acceptors (Lipinski definition) is 2. The van der Waals surface area contributed by atoms with Gasteiger partial charge in [0.05, 0.1) is 0 Å². The molecule has 0 saturated carbocycles. The summed E-state index contributed by atoms with van der Waals surface area (Å²) >= 11 is 6.55. The van der Waals surface area contributed by atoms with E-state index in [1.807, 2.05) is 23.5 Å². The number of carbonyl (C=O) groups is 1. The average molecular weight is 281 g/mol. The molecule has 0 saturated heterocycles. The van der Waals surface area contributed by atoms with Crippen molar-refractivity contribution in [3.05, 3.63) is 22.1 Å². The molecule has 0 amide bonds. The van der Waals surface area contributed by atoms with Crippen LogP contribution in [0, 0.1) is 0 Å². The Bertz CT molecular complexity index is 616. The normalized spacial score (nSPS) is 22.7. The fourth-order valence-corrected chi connectivity index (χ4v) is 3.44. The van der Waals surface area contributed by atoms with E-state index in [1.54, 1.807) is 6.08 Å². The number of rotatable bonds is 1. The summed E-state index contributed by atoms with van der Waals surface area (Å²) in [6.45, 7) is 0. The van der Waals surface area contributed by atoms with E-state index < -0.39 is 5.54 Å². The molecular weight excluding hydrogens is 264 g/mol. The Hall–Kier alpha value is -0.795. The van der Waals surface area contributed by atoms with Gasteiger partial charge in [0.25, 0.3) is 0 Å². The molecule has 1 atom stereocenters. The lowest BCUT2D eigenvalue weighted by atomic mass is 9.61. The lowest BCUT2D eigenvalue weighted by Crippen LogP contribution is -2.57. The predicted molar refractivity (Wildman–Crippen MR) is 101 cm³/mol. The zero-order chi connectivity index (χ0) is 15.2. The minimum absolute atomic E-state index is 0.0334. The van der Waals surface area contributed by atoms with E-state index in [9.17, 15) is 4.79 Å². The molecule has 1 aromatic rings. The Kier molecular flexibility index (Phi) is 4.05. The van der Waals surface area contributed by atoms with Gasteiger partial charge in [-0.05, 0) is 24.5 Å². The van der Waals surface area contributed by atoms with Gasteiger partial charge in [0.2, 0.25) is 0 Å². The SMILES string of the molecule is BC1=CC(=O)C(N)(c2c(B)c(B)c(B)c(B)c2Cl)CC1. The van der Waals surface area contributed by atoms with Crippen molar-refractivity contribution >= 4 is 78.5 Å². The van der Waals surface area contributed by atoms with Gasteiger partial charge < -0.3 is 5.73 Å². The van der Waals surface area contributed by atoms with Gasteiger partial charge in [0, 0.05) is 5.02 Å². The predicted octanol–water partition coefficient (Wildman–Crippen LogP) is -5.59. The summed E-state index contributed by atoms with van der Waals surface area (Å²) in [6.07, 6.45) is 3.13. The van der Waals surface area contributed by atoms with Gasteiger partial charge in [-0.2, -0.15) is 0 Å². The number of allylic oxidation sites excluding steroid dienone is 1. The monoisotopic (exact) mass is 281 g/mol. The quantitative estimate of drug-likeness (QED) is 0.522. The Morgan fingerprint density at radius 1 is 1.05 bits per heavy atom. The van der Waals surface area contributed by atoms with Gasteiger partial charge in [-0.25, -0.2) is 0 Å². The van der Waals surface area contributed by atoms with Crippen LogP contribution in [0.3, 0.4) is 0 Å². The molecule has 0 fully saturated rings. The molecule has 20 heavy (non-hydrogen) atoms. The van der Waals surface area contributed by atoms with Crippen molar-refractivity contribution in [1.82, 2.24) is 0 Å². The highest BCUT2D eigenvalue weighted by Crippen LogP contribution is 2.32. The number of ketones is 1. The van der Waals surface area contributed by atoms with Gasteiger partial charge in [-0.1, -0.05) is 22.5 Å². The number of benzene rings is 1. The van der Waals surface area contributed by atoms with E-state index in [0.717, 1.165) is 28.4 Å². The maximum atomic E-state index is 12.5. The molecule has 0 aliphatic heterocycles.